The number of hydrogen-bond donors (Lipinski definition) is 1. The van der Waals surface area contributed by atoms with Gasteiger partial charge in [-0.2, -0.15) is 0 Å². The molecule has 1 N–H and O–H groups in total. The highest BCUT2D eigenvalue weighted by molar-refractivity contribution is 6.28. The van der Waals surface area contributed by atoms with Gasteiger partial charge in [0.1, 0.15) is 5.82 Å². The van der Waals surface area contributed by atoms with Gasteiger partial charge in [0.25, 0.3) is 0 Å². The van der Waals surface area contributed by atoms with E-state index in [-0.39, 0.29) is 5.28 Å². The quantitative estimate of drug-likeness (QED) is 0.784. The van der Waals surface area contributed by atoms with Crippen LogP contribution in [-0.2, 0) is 0 Å². The summed E-state index contributed by atoms with van der Waals surface area (Å²) in [5.74, 6) is 1.47. The predicted molar refractivity (Wildman–Crippen MR) is 64.2 cm³/mol. The maximum Gasteiger partial charge on any atom is 0.224 e. The molecule has 1 atom stereocenters. The molecule has 0 spiro atoms. The molecular formula is C11H18ClN3. The fraction of sp³-hybridized carbons (Fsp3) is 0.636. The Balaban J connectivity index is 2.61. The van der Waals surface area contributed by atoms with Gasteiger partial charge in [0.05, 0.1) is 0 Å². The molecule has 0 bridgehead atoms. The Morgan fingerprint density at radius 2 is 2.07 bits per heavy atom. The molecule has 0 amide bonds. The maximum absolute atomic E-state index is 5.71. The van der Waals surface area contributed by atoms with Crippen LogP contribution in [0.25, 0.3) is 0 Å². The molecule has 1 unspecified atom stereocenters. The van der Waals surface area contributed by atoms with Crippen LogP contribution in [-0.4, -0.2) is 16.0 Å². The van der Waals surface area contributed by atoms with Crippen LogP contribution in [0, 0.1) is 5.92 Å². The minimum atomic E-state index is 0.289. The van der Waals surface area contributed by atoms with E-state index in [1.165, 1.54) is 12.8 Å². The molecular weight excluding hydrogens is 210 g/mol. The number of hydrogen-bond acceptors (Lipinski definition) is 3. The Morgan fingerprint density at radius 3 is 2.60 bits per heavy atom. The molecule has 1 heterocycles. The van der Waals surface area contributed by atoms with Gasteiger partial charge in [-0.25, -0.2) is 9.97 Å². The summed E-state index contributed by atoms with van der Waals surface area (Å²) in [5.41, 5.74) is 0. The van der Waals surface area contributed by atoms with Gasteiger partial charge in [-0.05, 0) is 30.5 Å². The molecule has 0 aliphatic rings. The van der Waals surface area contributed by atoms with Gasteiger partial charge in [-0.1, -0.05) is 26.7 Å². The monoisotopic (exact) mass is 227 g/mol. The molecule has 0 radical (unpaired) electrons. The highest BCUT2D eigenvalue weighted by atomic mass is 35.5. The van der Waals surface area contributed by atoms with Crippen LogP contribution in [0.15, 0.2) is 12.3 Å². The van der Waals surface area contributed by atoms with Crippen molar-refractivity contribution in [3.05, 3.63) is 17.5 Å². The largest absolute Gasteiger partial charge is 0.367 e. The summed E-state index contributed by atoms with van der Waals surface area (Å²) in [4.78, 5) is 7.95. The number of anilines is 1. The lowest BCUT2D eigenvalue weighted by atomic mass is 9.95. The predicted octanol–water partition coefficient (Wildman–Crippen LogP) is 3.37. The number of nitrogens with zero attached hydrogens (tertiary/aromatic N) is 2. The van der Waals surface area contributed by atoms with Crippen molar-refractivity contribution < 1.29 is 0 Å². The van der Waals surface area contributed by atoms with Crippen LogP contribution < -0.4 is 5.32 Å². The summed E-state index contributed by atoms with van der Waals surface area (Å²) in [7, 11) is 0. The molecule has 1 rings (SSSR count). The molecule has 0 aliphatic carbocycles. The average molecular weight is 228 g/mol. The van der Waals surface area contributed by atoms with Gasteiger partial charge in [0.15, 0.2) is 0 Å². The first-order valence-electron chi connectivity index (χ1n) is 5.42. The number of halogens is 1. The molecule has 4 heteroatoms. The van der Waals surface area contributed by atoms with Gasteiger partial charge < -0.3 is 5.32 Å². The molecule has 0 fully saturated rings. The summed E-state index contributed by atoms with van der Waals surface area (Å²) in [6, 6.07) is 2.25. The maximum atomic E-state index is 5.71. The van der Waals surface area contributed by atoms with Gasteiger partial charge in [0, 0.05) is 12.2 Å². The fourth-order valence-electron chi connectivity index (χ4n) is 1.76. The second kappa shape index (κ2) is 5.91. The first-order chi connectivity index (χ1) is 7.17. The second-order valence-electron chi connectivity index (χ2n) is 3.72. The molecule has 84 valence electrons. The number of nitrogens with one attached hydrogen (secondary N) is 1. The van der Waals surface area contributed by atoms with E-state index in [4.69, 9.17) is 11.6 Å². The average Bonchev–Trinajstić information content (AvgIpc) is 2.19. The van der Waals surface area contributed by atoms with Crippen molar-refractivity contribution in [2.45, 2.75) is 39.7 Å². The number of aromatic nitrogens is 2. The minimum Gasteiger partial charge on any atom is -0.367 e. The van der Waals surface area contributed by atoms with E-state index in [0.29, 0.717) is 12.0 Å². The van der Waals surface area contributed by atoms with Crippen molar-refractivity contribution in [2.24, 2.45) is 5.92 Å². The van der Waals surface area contributed by atoms with Gasteiger partial charge in [0.2, 0.25) is 5.28 Å². The van der Waals surface area contributed by atoms with Gasteiger partial charge in [-0.15, -0.1) is 0 Å². The van der Waals surface area contributed by atoms with Crippen molar-refractivity contribution in [3.8, 4) is 0 Å². The Labute approximate surface area is 96.3 Å². The van der Waals surface area contributed by atoms with Crippen LogP contribution in [0.1, 0.15) is 33.6 Å². The summed E-state index contributed by atoms with van der Waals surface area (Å²) < 4.78 is 0. The lowest BCUT2D eigenvalue weighted by Gasteiger charge is -2.22. The molecule has 0 aromatic carbocycles. The molecule has 3 nitrogen and oxygen atoms in total. The summed E-state index contributed by atoms with van der Waals surface area (Å²) >= 11 is 5.71. The third kappa shape index (κ3) is 3.67. The Bertz CT molecular complexity index is 300. The van der Waals surface area contributed by atoms with Crippen molar-refractivity contribution in [1.29, 1.82) is 0 Å². The van der Waals surface area contributed by atoms with Crippen molar-refractivity contribution >= 4 is 17.4 Å². The van der Waals surface area contributed by atoms with E-state index in [9.17, 15) is 0 Å². The van der Waals surface area contributed by atoms with Crippen LogP contribution >= 0.6 is 11.6 Å². The highest BCUT2D eigenvalue weighted by Crippen LogP contribution is 2.17. The van der Waals surface area contributed by atoms with Crippen molar-refractivity contribution in [2.75, 3.05) is 5.32 Å². The second-order valence-corrected chi connectivity index (χ2v) is 4.06. The fourth-order valence-corrected chi connectivity index (χ4v) is 1.91. The summed E-state index contributed by atoms with van der Waals surface area (Å²) in [6.07, 6.45) is 4.00. The van der Waals surface area contributed by atoms with E-state index < -0.39 is 0 Å². The zero-order valence-electron chi connectivity index (χ0n) is 9.50. The molecule has 0 saturated carbocycles. The van der Waals surface area contributed by atoms with Gasteiger partial charge >= 0.3 is 0 Å². The first-order valence-corrected chi connectivity index (χ1v) is 5.80. The molecule has 0 saturated heterocycles. The topological polar surface area (TPSA) is 37.8 Å². The van der Waals surface area contributed by atoms with Gasteiger partial charge in [-0.3, -0.25) is 0 Å². The van der Waals surface area contributed by atoms with Crippen LogP contribution in [0.5, 0.6) is 0 Å². The molecule has 15 heavy (non-hydrogen) atoms. The van der Waals surface area contributed by atoms with E-state index in [2.05, 4.69) is 36.1 Å². The van der Waals surface area contributed by atoms with Crippen molar-refractivity contribution in [1.82, 2.24) is 9.97 Å². The lowest BCUT2D eigenvalue weighted by Crippen LogP contribution is -2.25. The Hall–Kier alpha value is -0.830. The first kappa shape index (κ1) is 12.2. The smallest absolute Gasteiger partial charge is 0.224 e. The Kier molecular flexibility index (Phi) is 4.82. The van der Waals surface area contributed by atoms with Crippen LogP contribution in [0.3, 0.4) is 0 Å². The van der Waals surface area contributed by atoms with Crippen LogP contribution in [0.4, 0.5) is 5.82 Å². The highest BCUT2D eigenvalue weighted by Gasteiger charge is 2.13. The number of rotatable bonds is 5. The molecule has 1 aromatic heterocycles. The van der Waals surface area contributed by atoms with E-state index in [0.717, 1.165) is 5.82 Å². The zero-order chi connectivity index (χ0) is 11.3. The Morgan fingerprint density at radius 1 is 1.40 bits per heavy atom. The van der Waals surface area contributed by atoms with E-state index in [1.54, 1.807) is 6.20 Å². The molecule has 0 aliphatic heterocycles. The van der Waals surface area contributed by atoms with E-state index in [1.807, 2.05) is 6.07 Å². The zero-order valence-corrected chi connectivity index (χ0v) is 10.3. The normalized spacial score (nSPS) is 12.9. The standard InChI is InChI=1S/C11H18ClN3/c1-4-9(5-2)8(3)14-10-6-7-13-11(12)15-10/h6-9H,4-5H2,1-3H3,(H,13,14,15). The summed E-state index contributed by atoms with van der Waals surface area (Å²) in [6.45, 7) is 6.59. The SMILES string of the molecule is CCC(CC)C(C)Nc1ccnc(Cl)n1. The van der Waals surface area contributed by atoms with Crippen molar-refractivity contribution in [3.63, 3.8) is 0 Å². The minimum absolute atomic E-state index is 0.289. The lowest BCUT2D eigenvalue weighted by molar-refractivity contribution is 0.437. The third-order valence-corrected chi connectivity index (χ3v) is 2.94. The molecule has 1 aromatic rings. The third-order valence-electron chi connectivity index (χ3n) is 2.76. The summed E-state index contributed by atoms with van der Waals surface area (Å²) in [5, 5.41) is 3.64. The van der Waals surface area contributed by atoms with Crippen LogP contribution in [0.2, 0.25) is 5.28 Å². The van der Waals surface area contributed by atoms with E-state index >= 15 is 0 Å².